The Bertz CT molecular complexity index is 1090. The molecule has 33 heavy (non-hydrogen) atoms. The van der Waals surface area contributed by atoms with E-state index in [1.807, 2.05) is 30.5 Å². The second-order valence-corrected chi connectivity index (χ2v) is 9.35. The van der Waals surface area contributed by atoms with Gasteiger partial charge in [0.1, 0.15) is 0 Å². The van der Waals surface area contributed by atoms with E-state index in [4.69, 9.17) is 9.63 Å². The molecule has 0 radical (unpaired) electrons. The van der Waals surface area contributed by atoms with E-state index in [1.54, 1.807) is 0 Å². The average molecular weight is 446 g/mol. The summed E-state index contributed by atoms with van der Waals surface area (Å²) in [4.78, 5) is 15.5. The van der Waals surface area contributed by atoms with Gasteiger partial charge < -0.3 is 14.9 Å². The average Bonchev–Trinajstić information content (AvgIpc) is 3.25. The third-order valence-corrected chi connectivity index (χ3v) is 6.18. The number of hydrogen-bond donors (Lipinski definition) is 2. The molecule has 0 saturated heterocycles. The minimum Gasteiger partial charge on any atom is -0.481 e. The van der Waals surface area contributed by atoms with Gasteiger partial charge in [-0.05, 0) is 67.5 Å². The lowest BCUT2D eigenvalue weighted by molar-refractivity contribution is -0.145. The van der Waals surface area contributed by atoms with Crippen molar-refractivity contribution in [2.45, 2.75) is 46.1 Å². The summed E-state index contributed by atoms with van der Waals surface area (Å²) in [6.07, 6.45) is 6.52. The van der Waals surface area contributed by atoms with Gasteiger partial charge in [-0.15, -0.1) is 0 Å². The van der Waals surface area contributed by atoms with E-state index in [-0.39, 0.29) is 12.0 Å². The molecule has 0 amide bonds. The summed E-state index contributed by atoms with van der Waals surface area (Å²) in [5, 5.41) is 16.5. The van der Waals surface area contributed by atoms with Crippen molar-refractivity contribution in [3.63, 3.8) is 0 Å². The first-order valence-electron chi connectivity index (χ1n) is 11.6. The number of aliphatic carboxylic acids is 1. The topological polar surface area (TPSA) is 88.2 Å². The van der Waals surface area contributed by atoms with E-state index in [9.17, 15) is 4.79 Å². The predicted octanol–water partition coefficient (Wildman–Crippen LogP) is 5.88. The Balaban J connectivity index is 1.33. The van der Waals surface area contributed by atoms with Crippen molar-refractivity contribution in [1.29, 1.82) is 0 Å². The summed E-state index contributed by atoms with van der Waals surface area (Å²) in [7, 11) is 0. The van der Waals surface area contributed by atoms with Crippen LogP contribution in [0, 0.1) is 17.8 Å². The Morgan fingerprint density at radius 1 is 1.09 bits per heavy atom. The van der Waals surface area contributed by atoms with Gasteiger partial charge in [0.25, 0.3) is 5.89 Å². The minimum atomic E-state index is -0.686. The largest absolute Gasteiger partial charge is 0.481 e. The SMILES string of the molecule is CC(C)Cc1ccc(-c2nc(-c3ccc([C@@H](C)N/C=C/C4CC(C(=O)O)C4)cc3)no2)cc1. The van der Waals surface area contributed by atoms with Crippen molar-refractivity contribution in [2.75, 3.05) is 0 Å². The quantitative estimate of drug-likeness (QED) is 0.428. The molecule has 1 saturated carbocycles. The fourth-order valence-electron chi connectivity index (χ4n) is 4.09. The molecule has 1 aliphatic rings. The summed E-state index contributed by atoms with van der Waals surface area (Å²) in [5.41, 5.74) is 4.27. The number of nitrogens with zero attached hydrogens (tertiary/aromatic N) is 2. The predicted molar refractivity (Wildman–Crippen MR) is 128 cm³/mol. The maximum absolute atomic E-state index is 10.9. The Morgan fingerprint density at radius 2 is 1.76 bits per heavy atom. The van der Waals surface area contributed by atoms with Crippen LogP contribution in [-0.2, 0) is 11.2 Å². The number of nitrogens with one attached hydrogen (secondary N) is 1. The van der Waals surface area contributed by atoms with E-state index in [0.717, 1.165) is 36.0 Å². The highest BCUT2D eigenvalue weighted by Crippen LogP contribution is 2.34. The van der Waals surface area contributed by atoms with Crippen molar-refractivity contribution in [3.8, 4) is 22.8 Å². The molecular weight excluding hydrogens is 414 g/mol. The zero-order valence-electron chi connectivity index (χ0n) is 19.4. The summed E-state index contributed by atoms with van der Waals surface area (Å²) in [6.45, 7) is 6.52. The van der Waals surface area contributed by atoms with Crippen molar-refractivity contribution < 1.29 is 14.4 Å². The monoisotopic (exact) mass is 445 g/mol. The van der Waals surface area contributed by atoms with Gasteiger partial charge in [0, 0.05) is 17.2 Å². The van der Waals surface area contributed by atoms with Crippen LogP contribution in [0.1, 0.15) is 50.8 Å². The first-order valence-corrected chi connectivity index (χ1v) is 11.6. The zero-order chi connectivity index (χ0) is 23.4. The number of benzene rings is 2. The number of carboxylic acid groups (broad SMARTS) is 1. The summed E-state index contributed by atoms with van der Waals surface area (Å²) < 4.78 is 5.50. The molecule has 6 heteroatoms. The lowest BCUT2D eigenvalue weighted by atomic mass is 9.75. The Morgan fingerprint density at radius 3 is 2.39 bits per heavy atom. The molecule has 0 aliphatic heterocycles. The number of carbonyl (C=O) groups is 1. The molecule has 0 bridgehead atoms. The highest BCUT2D eigenvalue weighted by Gasteiger charge is 2.32. The molecule has 1 aromatic heterocycles. The molecule has 0 spiro atoms. The van der Waals surface area contributed by atoms with E-state index < -0.39 is 5.97 Å². The molecular formula is C27H31N3O3. The third-order valence-electron chi connectivity index (χ3n) is 6.18. The van der Waals surface area contributed by atoms with Gasteiger partial charge in [0.2, 0.25) is 5.82 Å². The molecule has 0 unspecified atom stereocenters. The van der Waals surface area contributed by atoms with Crippen LogP contribution in [0.5, 0.6) is 0 Å². The molecule has 172 valence electrons. The number of rotatable bonds is 9. The van der Waals surface area contributed by atoms with Crippen LogP contribution in [0.4, 0.5) is 0 Å². The fraction of sp³-hybridized carbons (Fsp3) is 0.370. The van der Waals surface area contributed by atoms with Gasteiger partial charge in [-0.25, -0.2) is 0 Å². The summed E-state index contributed by atoms with van der Waals surface area (Å²) in [6, 6.07) is 16.5. The second kappa shape index (κ2) is 10.0. The fourth-order valence-corrected chi connectivity index (χ4v) is 4.09. The molecule has 1 atom stereocenters. The first-order chi connectivity index (χ1) is 15.9. The molecule has 6 nitrogen and oxygen atoms in total. The van der Waals surface area contributed by atoms with Crippen LogP contribution in [0.25, 0.3) is 22.8 Å². The van der Waals surface area contributed by atoms with Gasteiger partial charge >= 0.3 is 5.97 Å². The highest BCUT2D eigenvalue weighted by molar-refractivity contribution is 5.71. The lowest BCUT2D eigenvalue weighted by Crippen LogP contribution is -2.29. The van der Waals surface area contributed by atoms with Crippen molar-refractivity contribution >= 4 is 5.97 Å². The molecule has 4 rings (SSSR count). The van der Waals surface area contributed by atoms with Crippen molar-refractivity contribution in [3.05, 3.63) is 71.9 Å². The summed E-state index contributed by atoms with van der Waals surface area (Å²) in [5.74, 6) is 1.20. The van der Waals surface area contributed by atoms with Gasteiger partial charge in [0.05, 0.1) is 5.92 Å². The van der Waals surface area contributed by atoms with Crippen LogP contribution in [0.15, 0.2) is 65.3 Å². The van der Waals surface area contributed by atoms with Gasteiger partial charge in [-0.2, -0.15) is 4.98 Å². The maximum Gasteiger partial charge on any atom is 0.306 e. The molecule has 3 aromatic rings. The first kappa shape index (κ1) is 22.8. The molecule has 1 aliphatic carbocycles. The van der Waals surface area contributed by atoms with E-state index >= 15 is 0 Å². The Labute approximate surface area is 194 Å². The standard InChI is InChI=1S/C27H31N3O3/c1-17(2)14-19-4-6-23(7-5-19)26-29-25(30-33-26)22-10-8-21(9-11-22)18(3)28-13-12-20-15-24(16-20)27(31)32/h4-13,17-18,20,24,28H,14-16H2,1-3H3,(H,31,32)/b13-12+/t18-,20?,24?/m1/s1. The highest BCUT2D eigenvalue weighted by atomic mass is 16.5. The van der Waals surface area contributed by atoms with Gasteiger partial charge in [-0.3, -0.25) is 4.79 Å². The molecule has 1 heterocycles. The Kier molecular flexibility index (Phi) is 6.92. The van der Waals surface area contributed by atoms with E-state index in [0.29, 0.717) is 23.6 Å². The van der Waals surface area contributed by atoms with Gasteiger partial charge in [0.15, 0.2) is 0 Å². The van der Waals surface area contributed by atoms with Gasteiger partial charge in [-0.1, -0.05) is 61.5 Å². The Hall–Kier alpha value is -3.41. The summed E-state index contributed by atoms with van der Waals surface area (Å²) >= 11 is 0. The van der Waals surface area contributed by atoms with Crippen LogP contribution in [0.3, 0.4) is 0 Å². The zero-order valence-corrected chi connectivity index (χ0v) is 19.4. The molecule has 2 aromatic carbocycles. The van der Waals surface area contributed by atoms with Crippen molar-refractivity contribution in [2.24, 2.45) is 17.8 Å². The number of aromatic nitrogens is 2. The van der Waals surface area contributed by atoms with Crippen LogP contribution in [-0.4, -0.2) is 21.2 Å². The second-order valence-electron chi connectivity index (χ2n) is 9.35. The smallest absolute Gasteiger partial charge is 0.306 e. The third kappa shape index (κ3) is 5.69. The number of carboxylic acids is 1. The van der Waals surface area contributed by atoms with E-state index in [1.165, 1.54) is 5.56 Å². The number of hydrogen-bond acceptors (Lipinski definition) is 5. The molecule has 2 N–H and O–H groups in total. The van der Waals surface area contributed by atoms with Crippen molar-refractivity contribution in [1.82, 2.24) is 15.5 Å². The minimum absolute atomic E-state index is 0.135. The van der Waals surface area contributed by atoms with Crippen LogP contribution >= 0.6 is 0 Å². The lowest BCUT2D eigenvalue weighted by Gasteiger charge is -2.29. The molecule has 1 fully saturated rings. The van der Waals surface area contributed by atoms with Crippen LogP contribution in [0.2, 0.25) is 0 Å². The van der Waals surface area contributed by atoms with E-state index in [2.05, 4.69) is 66.6 Å². The van der Waals surface area contributed by atoms with Crippen LogP contribution < -0.4 is 5.32 Å². The maximum atomic E-state index is 10.9. The normalized spacial score (nSPS) is 18.9. The number of allylic oxidation sites excluding steroid dienone is 1.